The summed E-state index contributed by atoms with van der Waals surface area (Å²) in [6.45, 7) is 1.97. The number of aromatic nitrogens is 1. The van der Waals surface area contributed by atoms with E-state index < -0.39 is 0 Å². The van der Waals surface area contributed by atoms with E-state index in [2.05, 4.69) is 26.1 Å². The molecular formula is C18H19BrClN3O2. The standard InChI is InChI=1S/C18H19BrClN3O2/c19-13-4-7-18(25)23(11-13)12-17(24)21-14-5-6-16(15(20)10-14)22-8-2-1-3-9-22/h4-7,10-11H,1-3,8-9,12H2,(H,21,24). The lowest BCUT2D eigenvalue weighted by atomic mass is 10.1. The topological polar surface area (TPSA) is 54.3 Å². The van der Waals surface area contributed by atoms with Crippen molar-refractivity contribution in [2.75, 3.05) is 23.3 Å². The molecule has 0 unspecified atom stereocenters. The van der Waals surface area contributed by atoms with E-state index >= 15 is 0 Å². The number of nitrogens with one attached hydrogen (secondary N) is 1. The Morgan fingerprint density at radius 3 is 2.64 bits per heavy atom. The zero-order valence-electron chi connectivity index (χ0n) is 13.7. The number of nitrogens with zero attached hydrogens (tertiary/aromatic N) is 2. The number of pyridine rings is 1. The molecule has 2 aromatic rings. The van der Waals surface area contributed by atoms with Gasteiger partial charge >= 0.3 is 0 Å². The molecule has 5 nitrogen and oxygen atoms in total. The Kier molecular flexibility index (Phi) is 5.81. The van der Waals surface area contributed by atoms with Crippen LogP contribution in [0.4, 0.5) is 11.4 Å². The van der Waals surface area contributed by atoms with Crippen LogP contribution in [0.1, 0.15) is 19.3 Å². The number of hydrogen-bond donors (Lipinski definition) is 1. The van der Waals surface area contributed by atoms with Crippen molar-refractivity contribution in [1.82, 2.24) is 4.57 Å². The number of benzene rings is 1. The molecule has 7 heteroatoms. The second kappa shape index (κ2) is 8.06. The summed E-state index contributed by atoms with van der Waals surface area (Å²) in [6, 6.07) is 8.61. The lowest BCUT2D eigenvalue weighted by Gasteiger charge is -2.29. The Morgan fingerprint density at radius 1 is 1.16 bits per heavy atom. The van der Waals surface area contributed by atoms with Gasteiger partial charge in [0.05, 0.1) is 10.7 Å². The normalized spacial score (nSPS) is 14.4. The molecule has 25 heavy (non-hydrogen) atoms. The number of carbonyl (C=O) groups excluding carboxylic acids is 1. The first-order chi connectivity index (χ1) is 12.0. The number of carbonyl (C=O) groups is 1. The summed E-state index contributed by atoms with van der Waals surface area (Å²) in [4.78, 5) is 26.2. The second-order valence-corrected chi connectivity index (χ2v) is 7.40. The second-order valence-electron chi connectivity index (χ2n) is 6.08. The van der Waals surface area contributed by atoms with E-state index in [9.17, 15) is 9.59 Å². The summed E-state index contributed by atoms with van der Waals surface area (Å²) >= 11 is 9.69. The highest BCUT2D eigenvalue weighted by Gasteiger charge is 2.14. The monoisotopic (exact) mass is 423 g/mol. The number of anilines is 2. The third-order valence-electron chi connectivity index (χ3n) is 4.19. The molecule has 132 valence electrons. The van der Waals surface area contributed by atoms with Crippen LogP contribution in [0.2, 0.25) is 5.02 Å². The first-order valence-corrected chi connectivity index (χ1v) is 9.40. The van der Waals surface area contributed by atoms with Crippen LogP contribution in [-0.4, -0.2) is 23.6 Å². The van der Waals surface area contributed by atoms with Crippen LogP contribution < -0.4 is 15.8 Å². The molecule has 2 heterocycles. The van der Waals surface area contributed by atoms with Crippen molar-refractivity contribution >= 4 is 44.8 Å². The summed E-state index contributed by atoms with van der Waals surface area (Å²) in [5.74, 6) is -0.276. The van der Waals surface area contributed by atoms with E-state index in [0.29, 0.717) is 10.7 Å². The Balaban J connectivity index is 1.68. The number of amides is 1. The lowest BCUT2D eigenvalue weighted by Crippen LogP contribution is -2.29. The van der Waals surface area contributed by atoms with Gasteiger partial charge in [-0.1, -0.05) is 11.6 Å². The molecule has 1 aromatic heterocycles. The molecule has 0 bridgehead atoms. The van der Waals surface area contributed by atoms with Gasteiger partial charge < -0.3 is 14.8 Å². The molecule has 1 aliphatic heterocycles. The van der Waals surface area contributed by atoms with Gasteiger partial charge in [0.1, 0.15) is 6.54 Å². The van der Waals surface area contributed by atoms with Gasteiger partial charge in [-0.25, -0.2) is 0 Å². The first kappa shape index (κ1) is 18.0. The highest BCUT2D eigenvalue weighted by Crippen LogP contribution is 2.30. The fourth-order valence-electron chi connectivity index (χ4n) is 2.96. The highest BCUT2D eigenvalue weighted by atomic mass is 79.9. The van der Waals surface area contributed by atoms with E-state index in [0.717, 1.165) is 23.2 Å². The SMILES string of the molecule is O=C(Cn1cc(Br)ccc1=O)Nc1ccc(N2CCCCC2)c(Cl)c1. The van der Waals surface area contributed by atoms with Gasteiger partial charge in [-0.15, -0.1) is 0 Å². The van der Waals surface area contributed by atoms with E-state index in [-0.39, 0.29) is 18.0 Å². The molecule has 1 saturated heterocycles. The average Bonchev–Trinajstić information content (AvgIpc) is 2.59. The summed E-state index contributed by atoms with van der Waals surface area (Å²) in [5.41, 5.74) is 1.40. The number of halogens is 2. The van der Waals surface area contributed by atoms with Gasteiger partial charge in [-0.3, -0.25) is 9.59 Å². The van der Waals surface area contributed by atoms with E-state index in [1.54, 1.807) is 18.3 Å². The van der Waals surface area contributed by atoms with Crippen molar-refractivity contribution in [3.05, 3.63) is 56.4 Å². The van der Waals surface area contributed by atoms with Gasteiger partial charge in [-0.2, -0.15) is 0 Å². The third kappa shape index (κ3) is 4.64. The smallest absolute Gasteiger partial charge is 0.251 e. The van der Waals surface area contributed by atoms with Gasteiger partial charge in [0.2, 0.25) is 5.91 Å². The molecule has 1 aliphatic rings. The Bertz CT molecular complexity index is 831. The largest absolute Gasteiger partial charge is 0.370 e. The summed E-state index contributed by atoms with van der Waals surface area (Å²) in [6.07, 6.45) is 5.21. The minimum absolute atomic E-state index is 0.0518. The van der Waals surface area contributed by atoms with Crippen molar-refractivity contribution in [3.63, 3.8) is 0 Å². The van der Waals surface area contributed by atoms with Crippen molar-refractivity contribution in [2.45, 2.75) is 25.8 Å². The van der Waals surface area contributed by atoms with Crippen LogP contribution in [-0.2, 0) is 11.3 Å². The van der Waals surface area contributed by atoms with Crippen molar-refractivity contribution in [2.24, 2.45) is 0 Å². The predicted molar refractivity (Wildman–Crippen MR) is 105 cm³/mol. The van der Waals surface area contributed by atoms with Crippen molar-refractivity contribution in [3.8, 4) is 0 Å². The maximum Gasteiger partial charge on any atom is 0.251 e. The zero-order chi connectivity index (χ0) is 17.8. The summed E-state index contributed by atoms with van der Waals surface area (Å²) in [7, 11) is 0. The maximum absolute atomic E-state index is 12.2. The van der Waals surface area contributed by atoms with Crippen LogP contribution >= 0.6 is 27.5 Å². The van der Waals surface area contributed by atoms with E-state index in [1.165, 1.54) is 29.9 Å². The lowest BCUT2D eigenvalue weighted by molar-refractivity contribution is -0.116. The van der Waals surface area contributed by atoms with Crippen LogP contribution in [0.15, 0.2) is 45.8 Å². The third-order valence-corrected chi connectivity index (χ3v) is 4.96. The summed E-state index contributed by atoms with van der Waals surface area (Å²) in [5, 5.41) is 3.42. The quantitative estimate of drug-likeness (QED) is 0.810. The van der Waals surface area contributed by atoms with Crippen LogP contribution in [0, 0.1) is 0 Å². The Morgan fingerprint density at radius 2 is 1.92 bits per heavy atom. The van der Waals surface area contributed by atoms with Crippen molar-refractivity contribution < 1.29 is 4.79 Å². The van der Waals surface area contributed by atoms with Gasteiger partial charge in [0, 0.05) is 35.5 Å². The first-order valence-electron chi connectivity index (χ1n) is 8.23. The summed E-state index contributed by atoms with van der Waals surface area (Å²) < 4.78 is 2.09. The van der Waals surface area contributed by atoms with Gasteiger partial charge in [-0.05, 0) is 59.5 Å². The van der Waals surface area contributed by atoms with Gasteiger partial charge in [0.15, 0.2) is 0 Å². The van der Waals surface area contributed by atoms with Crippen LogP contribution in [0.5, 0.6) is 0 Å². The average molecular weight is 425 g/mol. The fraction of sp³-hybridized carbons (Fsp3) is 0.333. The molecule has 0 radical (unpaired) electrons. The molecule has 0 saturated carbocycles. The van der Waals surface area contributed by atoms with Crippen LogP contribution in [0.3, 0.4) is 0 Å². The van der Waals surface area contributed by atoms with Crippen molar-refractivity contribution in [1.29, 1.82) is 0 Å². The van der Waals surface area contributed by atoms with E-state index in [4.69, 9.17) is 11.6 Å². The van der Waals surface area contributed by atoms with Crippen LogP contribution in [0.25, 0.3) is 0 Å². The molecular weight excluding hydrogens is 406 g/mol. The molecule has 3 rings (SSSR count). The fourth-order valence-corrected chi connectivity index (χ4v) is 3.64. The molecule has 0 atom stereocenters. The minimum atomic E-state index is -0.276. The minimum Gasteiger partial charge on any atom is -0.370 e. The number of rotatable bonds is 4. The number of piperidine rings is 1. The zero-order valence-corrected chi connectivity index (χ0v) is 16.0. The molecule has 1 aromatic carbocycles. The van der Waals surface area contributed by atoms with Gasteiger partial charge in [0.25, 0.3) is 5.56 Å². The molecule has 0 aliphatic carbocycles. The number of hydrogen-bond acceptors (Lipinski definition) is 3. The molecule has 1 N–H and O–H groups in total. The Labute approximate surface area is 159 Å². The maximum atomic E-state index is 12.2. The Hall–Kier alpha value is -1.79. The molecule has 0 spiro atoms. The highest BCUT2D eigenvalue weighted by molar-refractivity contribution is 9.10. The molecule has 1 fully saturated rings. The molecule has 1 amide bonds. The van der Waals surface area contributed by atoms with E-state index in [1.807, 2.05) is 12.1 Å². The predicted octanol–water partition coefficient (Wildman–Crippen LogP) is 3.89.